The number of hydrogen-bond acceptors (Lipinski definition) is 5. The smallest absolute Gasteiger partial charge is 0.251 e. The van der Waals surface area contributed by atoms with Crippen molar-refractivity contribution in [1.82, 2.24) is 15.2 Å². The van der Waals surface area contributed by atoms with E-state index in [1.807, 2.05) is 66.7 Å². The summed E-state index contributed by atoms with van der Waals surface area (Å²) in [5, 5.41) is 3.04. The zero-order valence-electron chi connectivity index (χ0n) is 19.6. The van der Waals surface area contributed by atoms with E-state index < -0.39 is 0 Å². The van der Waals surface area contributed by atoms with Gasteiger partial charge >= 0.3 is 0 Å². The highest BCUT2D eigenvalue weighted by molar-refractivity contribution is 5.94. The second-order valence-electron chi connectivity index (χ2n) is 8.92. The third kappa shape index (κ3) is 6.80. The second kappa shape index (κ2) is 11.0. The quantitative estimate of drug-likeness (QED) is 0.322. The first-order valence-electron chi connectivity index (χ1n) is 12.0. The number of nitrogens with one attached hydrogen (secondary N) is 1. The highest BCUT2D eigenvalue weighted by atomic mass is 16.5. The first kappa shape index (κ1) is 22.9. The Bertz CT molecular complexity index is 1200. The summed E-state index contributed by atoms with van der Waals surface area (Å²) < 4.78 is 11.5. The molecule has 2 aromatic heterocycles. The maximum atomic E-state index is 12.3. The van der Waals surface area contributed by atoms with Crippen LogP contribution in [0.5, 0.6) is 5.75 Å². The van der Waals surface area contributed by atoms with E-state index >= 15 is 0 Å². The fourth-order valence-corrected chi connectivity index (χ4v) is 3.90. The maximum absolute atomic E-state index is 12.3. The third-order valence-electron chi connectivity index (χ3n) is 5.94. The molecular weight excluding hydrogens is 438 g/mol. The minimum absolute atomic E-state index is 0.0110. The molecule has 1 aliphatic carbocycles. The molecular formula is C29H29N3O3. The van der Waals surface area contributed by atoms with Gasteiger partial charge in [0.05, 0.1) is 18.5 Å². The molecule has 0 atom stereocenters. The molecule has 1 fully saturated rings. The van der Waals surface area contributed by atoms with Crippen LogP contribution in [0.4, 0.5) is 0 Å². The Kier molecular flexibility index (Phi) is 7.20. The van der Waals surface area contributed by atoms with Crippen molar-refractivity contribution in [3.8, 4) is 5.75 Å². The molecule has 0 radical (unpaired) electrons. The second-order valence-corrected chi connectivity index (χ2v) is 8.92. The number of benzene rings is 2. The van der Waals surface area contributed by atoms with Crippen LogP contribution in [-0.2, 0) is 26.2 Å². The number of hydrogen-bond donors (Lipinski definition) is 1. The summed E-state index contributed by atoms with van der Waals surface area (Å²) in [6.07, 6.45) is 5.65. The number of aromatic nitrogens is 1. The summed E-state index contributed by atoms with van der Waals surface area (Å²) in [5.74, 6) is 1.75. The van der Waals surface area contributed by atoms with Crippen LogP contribution in [0, 0.1) is 0 Å². The minimum atomic E-state index is 0.0110. The van der Waals surface area contributed by atoms with Crippen LogP contribution >= 0.6 is 0 Å². The van der Waals surface area contributed by atoms with Gasteiger partial charge in [-0.1, -0.05) is 30.3 Å². The summed E-state index contributed by atoms with van der Waals surface area (Å²) >= 11 is 0. The van der Waals surface area contributed by atoms with Gasteiger partial charge in [-0.05, 0) is 72.5 Å². The van der Waals surface area contributed by atoms with Gasteiger partial charge in [-0.15, -0.1) is 0 Å². The zero-order valence-corrected chi connectivity index (χ0v) is 19.6. The van der Waals surface area contributed by atoms with Crippen molar-refractivity contribution in [3.63, 3.8) is 0 Å². The van der Waals surface area contributed by atoms with E-state index in [9.17, 15) is 4.79 Å². The molecule has 1 aliphatic rings. The first-order valence-corrected chi connectivity index (χ1v) is 12.0. The van der Waals surface area contributed by atoms with Crippen molar-refractivity contribution >= 4 is 5.91 Å². The van der Waals surface area contributed by atoms with E-state index in [-0.39, 0.29) is 5.91 Å². The average molecular weight is 468 g/mol. The Morgan fingerprint density at radius 1 is 0.914 bits per heavy atom. The van der Waals surface area contributed by atoms with Gasteiger partial charge in [0.2, 0.25) is 0 Å². The zero-order chi connectivity index (χ0) is 23.9. The lowest BCUT2D eigenvalue weighted by Crippen LogP contribution is -2.25. The predicted molar refractivity (Wildman–Crippen MR) is 134 cm³/mol. The molecule has 0 saturated heterocycles. The van der Waals surface area contributed by atoms with Crippen LogP contribution in [-0.4, -0.2) is 21.8 Å². The molecule has 0 spiro atoms. The van der Waals surface area contributed by atoms with E-state index in [1.54, 1.807) is 12.5 Å². The maximum Gasteiger partial charge on any atom is 0.251 e. The molecule has 1 N–H and O–H groups in total. The molecule has 6 heteroatoms. The molecule has 1 saturated carbocycles. The standard InChI is InChI=1S/C29H29N3O3/c33-29(31-25-12-13-25)24-10-6-22(7-11-24)18-32(20-28-5-3-17-34-28)19-23-8-14-27(15-9-23)35-21-26-4-1-2-16-30-26/h1-11,14-17,25H,12-13,18-21H2,(H,31,33). The van der Waals surface area contributed by atoms with Crippen molar-refractivity contribution in [2.45, 2.75) is 45.1 Å². The van der Waals surface area contributed by atoms with Gasteiger partial charge in [-0.2, -0.15) is 0 Å². The lowest BCUT2D eigenvalue weighted by molar-refractivity contribution is 0.0951. The molecule has 0 unspecified atom stereocenters. The van der Waals surface area contributed by atoms with Crippen LogP contribution in [0.25, 0.3) is 0 Å². The Hall–Kier alpha value is -3.90. The number of amides is 1. The Morgan fingerprint density at radius 2 is 1.66 bits per heavy atom. The summed E-state index contributed by atoms with van der Waals surface area (Å²) in [6.45, 7) is 2.63. The lowest BCUT2D eigenvalue weighted by atomic mass is 10.1. The molecule has 0 bridgehead atoms. The van der Waals surface area contributed by atoms with Crippen LogP contribution in [0.2, 0.25) is 0 Å². The molecule has 4 aromatic rings. The first-order chi connectivity index (χ1) is 17.2. The highest BCUT2D eigenvalue weighted by Crippen LogP contribution is 2.21. The molecule has 5 rings (SSSR count). The van der Waals surface area contributed by atoms with Crippen LogP contribution in [0.1, 0.15) is 45.8 Å². The molecule has 2 aromatic carbocycles. The van der Waals surface area contributed by atoms with E-state index in [1.165, 1.54) is 5.56 Å². The van der Waals surface area contributed by atoms with Gasteiger partial charge in [0.1, 0.15) is 18.1 Å². The van der Waals surface area contributed by atoms with Crippen molar-refractivity contribution in [2.24, 2.45) is 0 Å². The van der Waals surface area contributed by atoms with Crippen molar-refractivity contribution in [2.75, 3.05) is 0 Å². The molecule has 0 aliphatic heterocycles. The number of rotatable bonds is 11. The van der Waals surface area contributed by atoms with Crippen molar-refractivity contribution in [1.29, 1.82) is 0 Å². The number of furan rings is 1. The average Bonchev–Trinajstić information content (AvgIpc) is 3.56. The minimum Gasteiger partial charge on any atom is -0.487 e. The fourth-order valence-electron chi connectivity index (χ4n) is 3.90. The number of nitrogens with zero attached hydrogens (tertiary/aromatic N) is 2. The van der Waals surface area contributed by atoms with Crippen LogP contribution in [0.3, 0.4) is 0 Å². The normalized spacial score (nSPS) is 13.1. The van der Waals surface area contributed by atoms with E-state index in [0.29, 0.717) is 24.8 Å². The van der Waals surface area contributed by atoms with Crippen LogP contribution in [0.15, 0.2) is 95.7 Å². The summed E-state index contributed by atoms with van der Waals surface area (Å²) in [6, 6.07) is 26.1. The van der Waals surface area contributed by atoms with Gasteiger partial charge < -0.3 is 14.5 Å². The van der Waals surface area contributed by atoms with E-state index in [4.69, 9.17) is 9.15 Å². The highest BCUT2D eigenvalue weighted by Gasteiger charge is 2.23. The molecule has 1 amide bonds. The molecule has 178 valence electrons. The van der Waals surface area contributed by atoms with Crippen molar-refractivity contribution < 1.29 is 13.9 Å². The topological polar surface area (TPSA) is 67.6 Å². The van der Waals surface area contributed by atoms with Gasteiger partial charge in [0.25, 0.3) is 5.91 Å². The Morgan fingerprint density at radius 3 is 2.29 bits per heavy atom. The molecule has 2 heterocycles. The number of carbonyl (C=O) groups is 1. The Labute approximate surface area is 205 Å². The SMILES string of the molecule is O=C(NC1CC1)c1ccc(CN(Cc2ccc(OCc3ccccn3)cc2)Cc2ccco2)cc1. The summed E-state index contributed by atoms with van der Waals surface area (Å²) in [4.78, 5) is 18.9. The lowest BCUT2D eigenvalue weighted by Gasteiger charge is -2.22. The number of ether oxygens (including phenoxy) is 1. The number of pyridine rings is 1. The predicted octanol–water partition coefficient (Wildman–Crippen LogP) is 5.35. The summed E-state index contributed by atoms with van der Waals surface area (Å²) in [7, 11) is 0. The molecule has 6 nitrogen and oxygen atoms in total. The van der Waals surface area contributed by atoms with Gasteiger partial charge in [0.15, 0.2) is 0 Å². The van der Waals surface area contributed by atoms with Gasteiger partial charge in [0, 0.05) is 30.9 Å². The van der Waals surface area contributed by atoms with E-state index in [0.717, 1.165) is 48.7 Å². The molecule has 35 heavy (non-hydrogen) atoms. The number of carbonyl (C=O) groups excluding carboxylic acids is 1. The fraction of sp³-hybridized carbons (Fsp3) is 0.241. The largest absolute Gasteiger partial charge is 0.487 e. The van der Waals surface area contributed by atoms with Gasteiger partial charge in [-0.25, -0.2) is 0 Å². The van der Waals surface area contributed by atoms with Gasteiger partial charge in [-0.3, -0.25) is 14.7 Å². The van der Waals surface area contributed by atoms with Crippen LogP contribution < -0.4 is 10.1 Å². The third-order valence-corrected chi connectivity index (χ3v) is 5.94. The monoisotopic (exact) mass is 467 g/mol. The summed E-state index contributed by atoms with van der Waals surface area (Å²) in [5.41, 5.74) is 3.94. The van der Waals surface area contributed by atoms with E-state index in [2.05, 4.69) is 27.3 Å². The van der Waals surface area contributed by atoms with Crippen molar-refractivity contribution in [3.05, 3.63) is 119 Å². The Balaban J connectivity index is 1.21.